The molecule has 0 amide bonds. The van der Waals surface area contributed by atoms with E-state index in [0.29, 0.717) is 0 Å². The molecule has 0 aliphatic carbocycles. The highest BCUT2D eigenvalue weighted by Crippen LogP contribution is 2.58. The summed E-state index contributed by atoms with van der Waals surface area (Å²) in [7, 11) is 0. The second kappa shape index (κ2) is 5.52. The van der Waals surface area contributed by atoms with Crippen LogP contribution in [0.3, 0.4) is 0 Å². The van der Waals surface area contributed by atoms with Gasteiger partial charge in [-0.3, -0.25) is 0 Å². The quantitative estimate of drug-likeness (QED) is 0.576. The molecule has 19 heavy (non-hydrogen) atoms. The Labute approximate surface area is 105 Å². The van der Waals surface area contributed by atoms with Gasteiger partial charge in [0, 0.05) is 0 Å². The summed E-state index contributed by atoms with van der Waals surface area (Å²) in [5.74, 6) is -2.88. The number of allylic oxidation sites excluding steroid dienone is 1. The molecule has 0 N–H and O–H groups in total. The van der Waals surface area contributed by atoms with E-state index in [1.54, 1.807) is 0 Å². The van der Waals surface area contributed by atoms with E-state index in [0.717, 1.165) is 12.1 Å². The van der Waals surface area contributed by atoms with Crippen LogP contribution in [-0.4, -0.2) is 12.4 Å². The molecule has 2 nitrogen and oxygen atoms in total. The van der Waals surface area contributed by atoms with Crippen LogP contribution in [0.5, 0.6) is 0 Å². The van der Waals surface area contributed by atoms with Gasteiger partial charge in [0.2, 0.25) is 0 Å². The van der Waals surface area contributed by atoms with Crippen molar-refractivity contribution in [2.75, 3.05) is 0 Å². The topological polar surface area (TPSA) is 47.6 Å². The number of nitrogens with zero attached hydrogens (tertiary/aromatic N) is 2. The Kier molecular flexibility index (Phi) is 5.02. The van der Waals surface area contributed by atoms with E-state index in [2.05, 4.69) is 6.58 Å². The molecule has 0 spiro atoms. The second-order valence-electron chi connectivity index (χ2n) is 3.94. The number of hydrogen-bond acceptors (Lipinski definition) is 2. The van der Waals surface area contributed by atoms with Gasteiger partial charge in [0.25, 0.3) is 0 Å². The Bertz CT molecular complexity index is 392. The summed E-state index contributed by atoms with van der Waals surface area (Å²) < 4.78 is 77.6. The SMILES string of the molecule is C=C(CC)CC(C(C#N)C#N)(C(F)(F)F)C(F)(F)F. The van der Waals surface area contributed by atoms with Crippen molar-refractivity contribution in [2.45, 2.75) is 32.1 Å². The van der Waals surface area contributed by atoms with Crippen molar-refractivity contribution in [3.05, 3.63) is 12.2 Å². The van der Waals surface area contributed by atoms with Gasteiger partial charge in [0.05, 0.1) is 12.1 Å². The van der Waals surface area contributed by atoms with Crippen LogP contribution >= 0.6 is 0 Å². The number of alkyl halides is 6. The van der Waals surface area contributed by atoms with Crippen LogP contribution in [0.25, 0.3) is 0 Å². The largest absolute Gasteiger partial charge is 0.405 e. The van der Waals surface area contributed by atoms with Crippen LogP contribution < -0.4 is 0 Å². The van der Waals surface area contributed by atoms with Crippen molar-refractivity contribution in [1.29, 1.82) is 10.5 Å². The molecule has 0 aliphatic heterocycles. The average Bonchev–Trinajstić information content (AvgIpc) is 2.25. The first kappa shape index (κ1) is 17.3. The monoisotopic (exact) mass is 284 g/mol. The van der Waals surface area contributed by atoms with E-state index in [4.69, 9.17) is 10.5 Å². The van der Waals surface area contributed by atoms with Crippen molar-refractivity contribution < 1.29 is 26.3 Å². The second-order valence-corrected chi connectivity index (χ2v) is 3.94. The zero-order chi connectivity index (χ0) is 15.5. The molecule has 0 radical (unpaired) electrons. The molecule has 0 aliphatic rings. The Hall–Kier alpha value is -1.70. The third kappa shape index (κ3) is 3.01. The fourth-order valence-corrected chi connectivity index (χ4v) is 1.56. The Balaban J connectivity index is 6.16. The van der Waals surface area contributed by atoms with Gasteiger partial charge in [-0.1, -0.05) is 19.1 Å². The standard InChI is InChI=1S/C11H10F6N2/c1-3-7(2)4-9(10(12,13)14,11(15,16)17)8(5-18)6-19/h8H,2-4H2,1H3. The Morgan fingerprint density at radius 1 is 1.05 bits per heavy atom. The van der Waals surface area contributed by atoms with Crippen molar-refractivity contribution in [1.82, 2.24) is 0 Å². The van der Waals surface area contributed by atoms with Gasteiger partial charge in [0.15, 0.2) is 11.3 Å². The minimum atomic E-state index is -5.78. The first-order chi connectivity index (χ1) is 8.47. The molecule has 0 aromatic heterocycles. The lowest BCUT2D eigenvalue weighted by molar-refractivity contribution is -0.348. The summed E-state index contributed by atoms with van der Waals surface area (Å²) >= 11 is 0. The minimum Gasteiger partial charge on any atom is -0.197 e. The molecule has 0 saturated heterocycles. The zero-order valence-corrected chi connectivity index (χ0v) is 9.86. The molecule has 0 aromatic rings. The molecule has 0 unspecified atom stereocenters. The number of hydrogen-bond donors (Lipinski definition) is 0. The molecule has 106 valence electrons. The maximum atomic E-state index is 12.9. The molecule has 0 bridgehead atoms. The molecule has 0 fully saturated rings. The van der Waals surface area contributed by atoms with Crippen molar-refractivity contribution in [3.63, 3.8) is 0 Å². The lowest BCUT2D eigenvalue weighted by Gasteiger charge is -2.38. The zero-order valence-electron chi connectivity index (χ0n) is 9.86. The average molecular weight is 284 g/mol. The van der Waals surface area contributed by atoms with Gasteiger partial charge in [-0.15, -0.1) is 0 Å². The van der Waals surface area contributed by atoms with Crippen LogP contribution in [0.15, 0.2) is 12.2 Å². The lowest BCUT2D eigenvalue weighted by Crippen LogP contribution is -2.54. The van der Waals surface area contributed by atoms with E-state index >= 15 is 0 Å². The van der Waals surface area contributed by atoms with Gasteiger partial charge in [-0.25, -0.2) is 0 Å². The van der Waals surface area contributed by atoms with Gasteiger partial charge in [0.1, 0.15) is 0 Å². The van der Waals surface area contributed by atoms with E-state index in [1.165, 1.54) is 6.92 Å². The summed E-state index contributed by atoms with van der Waals surface area (Å²) in [6, 6.07) is 1.59. The normalized spacial score (nSPS) is 12.9. The maximum Gasteiger partial charge on any atom is 0.405 e. The molecular formula is C11H10F6N2. The number of nitriles is 2. The third-order valence-corrected chi connectivity index (χ3v) is 2.79. The van der Waals surface area contributed by atoms with Crippen LogP contribution in [0.2, 0.25) is 0 Å². The van der Waals surface area contributed by atoms with Crippen LogP contribution in [-0.2, 0) is 0 Å². The molecule has 0 atom stereocenters. The van der Waals surface area contributed by atoms with Crippen molar-refractivity contribution in [2.24, 2.45) is 11.3 Å². The van der Waals surface area contributed by atoms with Crippen molar-refractivity contribution in [3.8, 4) is 12.1 Å². The van der Waals surface area contributed by atoms with Crippen LogP contribution in [0.1, 0.15) is 19.8 Å². The summed E-state index contributed by atoms with van der Waals surface area (Å²) in [5.41, 5.74) is -4.73. The van der Waals surface area contributed by atoms with Crippen LogP contribution in [0, 0.1) is 34.0 Å². The van der Waals surface area contributed by atoms with Crippen molar-refractivity contribution >= 4 is 0 Å². The highest BCUT2D eigenvalue weighted by molar-refractivity contribution is 5.18. The molecule has 0 rings (SSSR count). The van der Waals surface area contributed by atoms with E-state index in [1.807, 2.05) is 0 Å². The first-order valence-corrected chi connectivity index (χ1v) is 5.07. The highest BCUT2D eigenvalue weighted by atomic mass is 19.4. The summed E-state index contributed by atoms with van der Waals surface area (Å²) in [6.45, 7) is 4.46. The molecule has 8 heteroatoms. The van der Waals surface area contributed by atoms with Gasteiger partial charge >= 0.3 is 12.4 Å². The number of rotatable bonds is 4. The lowest BCUT2D eigenvalue weighted by atomic mass is 9.70. The molecule has 0 saturated carbocycles. The molecule has 0 heterocycles. The van der Waals surface area contributed by atoms with Gasteiger partial charge < -0.3 is 0 Å². The predicted molar refractivity (Wildman–Crippen MR) is 53.3 cm³/mol. The Morgan fingerprint density at radius 2 is 1.42 bits per heavy atom. The van der Waals surface area contributed by atoms with E-state index in [-0.39, 0.29) is 12.0 Å². The van der Waals surface area contributed by atoms with E-state index in [9.17, 15) is 26.3 Å². The summed E-state index contributed by atoms with van der Waals surface area (Å²) in [4.78, 5) is 0. The van der Waals surface area contributed by atoms with Crippen LogP contribution in [0.4, 0.5) is 26.3 Å². The first-order valence-electron chi connectivity index (χ1n) is 5.07. The summed E-state index contributed by atoms with van der Waals surface area (Å²) in [5, 5.41) is 16.9. The van der Waals surface area contributed by atoms with E-state index < -0.39 is 30.1 Å². The highest BCUT2D eigenvalue weighted by Gasteiger charge is 2.74. The third-order valence-electron chi connectivity index (χ3n) is 2.79. The van der Waals surface area contributed by atoms with Gasteiger partial charge in [-0.2, -0.15) is 36.9 Å². The molecular weight excluding hydrogens is 274 g/mol. The Morgan fingerprint density at radius 3 is 1.63 bits per heavy atom. The minimum absolute atomic E-state index is 0.114. The maximum absolute atomic E-state index is 12.9. The number of halogens is 6. The fourth-order valence-electron chi connectivity index (χ4n) is 1.56. The predicted octanol–water partition coefficient (Wildman–Crippen LogP) is 4.12. The fraction of sp³-hybridized carbons (Fsp3) is 0.636. The van der Waals surface area contributed by atoms with Gasteiger partial charge in [-0.05, 0) is 12.8 Å². The smallest absolute Gasteiger partial charge is 0.197 e. The molecule has 0 aromatic carbocycles. The summed E-state index contributed by atoms with van der Waals surface area (Å²) in [6.07, 6.45) is -13.2.